The zero-order valence-electron chi connectivity index (χ0n) is 13.9. The van der Waals surface area contributed by atoms with Gasteiger partial charge in [-0.2, -0.15) is 11.8 Å². The lowest BCUT2D eigenvalue weighted by atomic mass is 10.1. The second-order valence-corrected chi connectivity index (χ2v) is 7.69. The molecule has 1 N–H and O–H groups in total. The van der Waals surface area contributed by atoms with Crippen molar-refractivity contribution in [3.05, 3.63) is 23.4 Å². The van der Waals surface area contributed by atoms with Gasteiger partial charge in [0, 0.05) is 36.3 Å². The van der Waals surface area contributed by atoms with E-state index in [-0.39, 0.29) is 0 Å². The van der Waals surface area contributed by atoms with E-state index in [0.717, 1.165) is 42.9 Å². The fourth-order valence-corrected chi connectivity index (χ4v) is 3.79. The number of nitrogens with one attached hydrogen (secondary N) is 1. The van der Waals surface area contributed by atoms with Crippen molar-refractivity contribution in [3.8, 4) is 0 Å². The summed E-state index contributed by atoms with van der Waals surface area (Å²) in [7, 11) is 0. The predicted molar refractivity (Wildman–Crippen MR) is 94.3 cm³/mol. The minimum absolute atomic E-state index is 0.689. The van der Waals surface area contributed by atoms with Gasteiger partial charge in [-0.25, -0.2) is 4.98 Å². The van der Waals surface area contributed by atoms with Gasteiger partial charge in [-0.1, -0.05) is 26.8 Å². The summed E-state index contributed by atoms with van der Waals surface area (Å²) in [4.78, 5) is 7.29. The first-order chi connectivity index (χ1) is 10.1. The Balaban J connectivity index is 1.97. The molecule has 1 aliphatic heterocycles. The first-order valence-electron chi connectivity index (χ1n) is 8.14. The molecule has 0 saturated carbocycles. The van der Waals surface area contributed by atoms with Crippen LogP contribution in [0.3, 0.4) is 0 Å². The molecule has 118 valence electrons. The van der Waals surface area contributed by atoms with Crippen molar-refractivity contribution in [1.82, 2.24) is 10.3 Å². The summed E-state index contributed by atoms with van der Waals surface area (Å²) >= 11 is 2.10. The topological polar surface area (TPSA) is 28.2 Å². The van der Waals surface area contributed by atoms with Crippen LogP contribution < -0.4 is 10.2 Å². The predicted octanol–water partition coefficient (Wildman–Crippen LogP) is 3.47. The van der Waals surface area contributed by atoms with Crippen molar-refractivity contribution in [1.29, 1.82) is 0 Å². The van der Waals surface area contributed by atoms with E-state index in [1.54, 1.807) is 0 Å². The lowest BCUT2D eigenvalue weighted by molar-refractivity contribution is 0.551. The molecule has 2 heterocycles. The number of rotatable bonds is 6. The minimum atomic E-state index is 0.689. The van der Waals surface area contributed by atoms with E-state index in [1.807, 2.05) is 0 Å². The smallest absolute Gasteiger partial charge is 0.128 e. The van der Waals surface area contributed by atoms with E-state index < -0.39 is 0 Å². The third-order valence-corrected chi connectivity index (χ3v) is 5.34. The van der Waals surface area contributed by atoms with Crippen LogP contribution in [0.4, 0.5) is 5.82 Å². The number of aromatic nitrogens is 1. The highest BCUT2D eigenvalue weighted by atomic mass is 32.2. The van der Waals surface area contributed by atoms with Gasteiger partial charge in [0.2, 0.25) is 0 Å². The fourth-order valence-electron chi connectivity index (χ4n) is 2.61. The van der Waals surface area contributed by atoms with E-state index in [1.165, 1.54) is 17.7 Å². The van der Waals surface area contributed by atoms with Gasteiger partial charge in [-0.05, 0) is 37.4 Å². The Kier molecular flexibility index (Phi) is 6.37. The van der Waals surface area contributed by atoms with E-state index in [0.29, 0.717) is 5.92 Å². The van der Waals surface area contributed by atoms with Gasteiger partial charge < -0.3 is 10.2 Å². The Labute approximate surface area is 133 Å². The van der Waals surface area contributed by atoms with E-state index in [4.69, 9.17) is 4.98 Å². The summed E-state index contributed by atoms with van der Waals surface area (Å²) in [5.74, 6) is 3.06. The number of nitrogens with zero attached hydrogens (tertiary/aromatic N) is 2. The van der Waals surface area contributed by atoms with Crippen LogP contribution in [0.5, 0.6) is 0 Å². The molecule has 0 bridgehead atoms. The maximum Gasteiger partial charge on any atom is 0.128 e. The highest BCUT2D eigenvalue weighted by Gasteiger charge is 2.20. The third-order valence-electron chi connectivity index (χ3n) is 3.97. The Hall–Kier alpha value is -0.740. The monoisotopic (exact) mass is 307 g/mol. The average Bonchev–Trinajstić information content (AvgIpc) is 2.48. The molecule has 1 aromatic rings. The van der Waals surface area contributed by atoms with Crippen LogP contribution in [0.2, 0.25) is 0 Å². The van der Waals surface area contributed by atoms with Gasteiger partial charge in [0.05, 0.1) is 0 Å². The first-order valence-corrected chi connectivity index (χ1v) is 9.18. The maximum atomic E-state index is 4.84. The number of aryl methyl sites for hydroxylation is 1. The van der Waals surface area contributed by atoms with Crippen LogP contribution in [-0.4, -0.2) is 35.6 Å². The van der Waals surface area contributed by atoms with E-state index in [2.05, 4.69) is 61.8 Å². The molecule has 0 radical (unpaired) electrons. The summed E-state index contributed by atoms with van der Waals surface area (Å²) < 4.78 is 0. The van der Waals surface area contributed by atoms with Crippen molar-refractivity contribution in [3.63, 3.8) is 0 Å². The van der Waals surface area contributed by atoms with Crippen LogP contribution in [0, 0.1) is 12.8 Å². The average molecular weight is 308 g/mol. The van der Waals surface area contributed by atoms with Crippen molar-refractivity contribution in [2.24, 2.45) is 5.92 Å². The second-order valence-electron chi connectivity index (χ2n) is 6.29. The van der Waals surface area contributed by atoms with Crippen molar-refractivity contribution in [2.75, 3.05) is 30.3 Å². The Morgan fingerprint density at radius 2 is 2.24 bits per heavy atom. The highest BCUT2D eigenvalue weighted by molar-refractivity contribution is 8.00. The van der Waals surface area contributed by atoms with Gasteiger partial charge >= 0.3 is 0 Å². The van der Waals surface area contributed by atoms with Gasteiger partial charge in [-0.15, -0.1) is 0 Å². The number of thioether (sulfide) groups is 1. The lowest BCUT2D eigenvalue weighted by Gasteiger charge is -2.33. The molecule has 1 aliphatic rings. The standard InChI is InChI=1S/C17H29N3S/c1-5-16-12-20(8-9-21-16)17-7-6-15(14(4)19-17)11-18-10-13(2)3/h6-7,13,16,18H,5,8-12H2,1-4H3. The summed E-state index contributed by atoms with van der Waals surface area (Å²) in [6, 6.07) is 4.44. The molecule has 1 saturated heterocycles. The lowest BCUT2D eigenvalue weighted by Crippen LogP contribution is -2.38. The molecule has 2 rings (SSSR count). The van der Waals surface area contributed by atoms with Crippen LogP contribution in [0.1, 0.15) is 38.4 Å². The molecule has 1 atom stereocenters. The number of anilines is 1. The second kappa shape index (κ2) is 8.04. The third kappa shape index (κ3) is 4.89. The Morgan fingerprint density at radius 1 is 1.43 bits per heavy atom. The summed E-state index contributed by atoms with van der Waals surface area (Å²) in [6.45, 7) is 13.1. The molecular weight excluding hydrogens is 278 g/mol. The molecular formula is C17H29N3S. The molecule has 0 aliphatic carbocycles. The molecule has 0 aromatic carbocycles. The number of pyridine rings is 1. The molecule has 1 fully saturated rings. The number of hydrogen-bond acceptors (Lipinski definition) is 4. The van der Waals surface area contributed by atoms with Crippen LogP contribution in [0.25, 0.3) is 0 Å². The van der Waals surface area contributed by atoms with Gasteiger partial charge in [0.15, 0.2) is 0 Å². The van der Waals surface area contributed by atoms with Gasteiger partial charge in [-0.3, -0.25) is 0 Å². The van der Waals surface area contributed by atoms with Crippen molar-refractivity contribution < 1.29 is 0 Å². The summed E-state index contributed by atoms with van der Waals surface area (Å²) in [5, 5.41) is 4.26. The largest absolute Gasteiger partial charge is 0.355 e. The molecule has 0 amide bonds. The number of hydrogen-bond donors (Lipinski definition) is 1. The van der Waals surface area contributed by atoms with Crippen LogP contribution >= 0.6 is 11.8 Å². The Bertz CT molecular complexity index is 448. The molecule has 1 unspecified atom stereocenters. The van der Waals surface area contributed by atoms with Crippen LogP contribution in [-0.2, 0) is 6.54 Å². The molecule has 4 heteroatoms. The molecule has 0 spiro atoms. The zero-order valence-corrected chi connectivity index (χ0v) is 14.7. The quantitative estimate of drug-likeness (QED) is 0.871. The van der Waals surface area contributed by atoms with Gasteiger partial charge in [0.25, 0.3) is 0 Å². The normalized spacial score (nSPS) is 19.3. The maximum absolute atomic E-state index is 4.84. The first kappa shape index (κ1) is 16.6. The SMILES string of the molecule is CCC1CN(c2ccc(CNCC(C)C)c(C)n2)CCS1. The van der Waals surface area contributed by atoms with Crippen molar-refractivity contribution >= 4 is 17.6 Å². The minimum Gasteiger partial charge on any atom is -0.355 e. The van der Waals surface area contributed by atoms with Crippen molar-refractivity contribution in [2.45, 2.75) is 45.9 Å². The summed E-state index contributed by atoms with van der Waals surface area (Å²) in [5.41, 5.74) is 2.48. The zero-order chi connectivity index (χ0) is 15.2. The van der Waals surface area contributed by atoms with E-state index >= 15 is 0 Å². The molecule has 3 nitrogen and oxygen atoms in total. The highest BCUT2D eigenvalue weighted by Crippen LogP contribution is 2.25. The molecule has 21 heavy (non-hydrogen) atoms. The van der Waals surface area contributed by atoms with E-state index in [9.17, 15) is 0 Å². The summed E-state index contributed by atoms with van der Waals surface area (Å²) in [6.07, 6.45) is 1.25. The Morgan fingerprint density at radius 3 is 2.90 bits per heavy atom. The fraction of sp³-hybridized carbons (Fsp3) is 0.706. The van der Waals surface area contributed by atoms with Gasteiger partial charge in [0.1, 0.15) is 5.82 Å². The van der Waals surface area contributed by atoms with Crippen LogP contribution in [0.15, 0.2) is 12.1 Å². The molecule has 1 aromatic heterocycles.